The number of hydrogen-bond acceptors (Lipinski definition) is 7. The largest absolute Gasteiger partial charge is 0.480 e. The summed E-state index contributed by atoms with van der Waals surface area (Å²) in [5, 5.41) is 7.34. The number of methoxy groups -OCH3 is 2. The molecule has 116 valence electrons. The van der Waals surface area contributed by atoms with Crippen LogP contribution in [0.1, 0.15) is 19.8 Å². The lowest BCUT2D eigenvalue weighted by Gasteiger charge is -2.17. The summed E-state index contributed by atoms with van der Waals surface area (Å²) in [7, 11) is -2.09. The molecular weight excluding hydrogens is 294 g/mol. The highest BCUT2D eigenvalue weighted by Gasteiger charge is 2.33. The molecule has 2 atom stereocenters. The van der Waals surface area contributed by atoms with E-state index in [1.165, 1.54) is 0 Å². The van der Waals surface area contributed by atoms with Crippen LogP contribution in [0.25, 0.3) is 0 Å². The molecule has 0 fully saturated rings. The minimum atomic E-state index is -4.23. The van der Waals surface area contributed by atoms with Gasteiger partial charge in [0.2, 0.25) is 10.0 Å². The van der Waals surface area contributed by atoms with Gasteiger partial charge in [0.05, 0.1) is 14.2 Å². The second kappa shape index (κ2) is 7.80. The Morgan fingerprint density at radius 2 is 1.75 bits per heavy atom. The van der Waals surface area contributed by atoms with Crippen LogP contribution in [-0.4, -0.2) is 56.9 Å². The average Bonchev–Trinajstić information content (AvgIpc) is 2.40. The van der Waals surface area contributed by atoms with Gasteiger partial charge in [-0.15, -0.1) is 0 Å². The lowest BCUT2D eigenvalue weighted by molar-refractivity contribution is -0.143. The maximum atomic E-state index is 11.8. The summed E-state index contributed by atoms with van der Waals surface area (Å²) in [4.78, 5) is 33.0. The third-order valence-electron chi connectivity index (χ3n) is 2.47. The molecular formula is C10H17NO8S. The third-order valence-corrected chi connectivity index (χ3v) is 4.20. The molecule has 20 heavy (non-hydrogen) atoms. The van der Waals surface area contributed by atoms with Gasteiger partial charge < -0.3 is 14.6 Å². The van der Waals surface area contributed by atoms with E-state index in [9.17, 15) is 22.8 Å². The molecule has 0 amide bonds. The van der Waals surface area contributed by atoms with Crippen molar-refractivity contribution in [1.82, 2.24) is 4.72 Å². The normalized spacial score (nSPS) is 14.2. The predicted octanol–water partition coefficient (Wildman–Crippen LogP) is -1.13. The zero-order valence-corrected chi connectivity index (χ0v) is 12.1. The molecule has 0 aromatic heterocycles. The number of carbonyl (C=O) groups excluding carboxylic acids is 2. The molecule has 0 spiro atoms. The predicted molar refractivity (Wildman–Crippen MR) is 66.2 cm³/mol. The number of carboxylic acid groups (broad SMARTS) is 1. The molecule has 0 aliphatic carbocycles. The molecule has 0 saturated heterocycles. The van der Waals surface area contributed by atoms with Crippen molar-refractivity contribution in [3.63, 3.8) is 0 Å². The highest BCUT2D eigenvalue weighted by Crippen LogP contribution is 2.06. The van der Waals surface area contributed by atoms with Crippen LogP contribution in [0.3, 0.4) is 0 Å². The standard InChI is InChI=1S/C10H17NO8S/c1-6(10(15)19-3)20(16,17)11-7(9(13)14)4-5-8(12)18-2/h6-7,11H,4-5H2,1-3H3,(H,13,14)/t6?,7-/m0/s1. The fraction of sp³-hybridized carbons (Fsp3) is 0.700. The summed E-state index contributed by atoms with van der Waals surface area (Å²) in [6, 6.07) is -1.54. The molecule has 2 N–H and O–H groups in total. The van der Waals surface area contributed by atoms with Crippen LogP contribution in [0, 0.1) is 0 Å². The van der Waals surface area contributed by atoms with Crippen LogP contribution in [0.15, 0.2) is 0 Å². The third kappa shape index (κ3) is 5.53. The van der Waals surface area contributed by atoms with Crippen LogP contribution < -0.4 is 4.72 Å². The maximum absolute atomic E-state index is 11.8. The van der Waals surface area contributed by atoms with E-state index in [0.717, 1.165) is 21.1 Å². The van der Waals surface area contributed by atoms with Crippen molar-refractivity contribution in [2.75, 3.05) is 14.2 Å². The van der Waals surface area contributed by atoms with Crippen LogP contribution in [-0.2, 0) is 33.9 Å². The Morgan fingerprint density at radius 3 is 2.15 bits per heavy atom. The zero-order chi connectivity index (χ0) is 15.9. The summed E-state index contributed by atoms with van der Waals surface area (Å²) in [5.41, 5.74) is 0. The van der Waals surface area contributed by atoms with Crippen molar-refractivity contribution < 1.29 is 37.4 Å². The summed E-state index contributed by atoms with van der Waals surface area (Å²) in [5.74, 6) is -3.15. The van der Waals surface area contributed by atoms with Gasteiger partial charge >= 0.3 is 17.9 Å². The molecule has 0 bridgehead atoms. The van der Waals surface area contributed by atoms with E-state index in [-0.39, 0.29) is 12.8 Å². The number of aliphatic carboxylic acids is 1. The lowest BCUT2D eigenvalue weighted by Crippen LogP contribution is -2.46. The molecule has 0 aliphatic heterocycles. The number of carbonyl (C=O) groups is 3. The number of nitrogens with one attached hydrogen (secondary N) is 1. The topological polar surface area (TPSA) is 136 Å². The van der Waals surface area contributed by atoms with Gasteiger partial charge in [-0.25, -0.2) is 13.1 Å². The Hall–Kier alpha value is -1.68. The van der Waals surface area contributed by atoms with Crippen molar-refractivity contribution in [2.24, 2.45) is 0 Å². The van der Waals surface area contributed by atoms with Crippen LogP contribution in [0.5, 0.6) is 0 Å². The number of ether oxygens (including phenoxy) is 2. The first-order chi connectivity index (χ1) is 9.15. The number of hydrogen-bond donors (Lipinski definition) is 2. The second-order valence-corrected chi connectivity index (χ2v) is 5.87. The Bertz CT molecular complexity index is 472. The van der Waals surface area contributed by atoms with Crippen molar-refractivity contribution in [3.8, 4) is 0 Å². The van der Waals surface area contributed by atoms with Gasteiger partial charge in [0.1, 0.15) is 6.04 Å². The monoisotopic (exact) mass is 311 g/mol. The van der Waals surface area contributed by atoms with E-state index in [2.05, 4.69) is 9.47 Å². The summed E-state index contributed by atoms with van der Waals surface area (Å²) in [6.07, 6.45) is -0.572. The maximum Gasteiger partial charge on any atom is 0.325 e. The van der Waals surface area contributed by atoms with Crippen LogP contribution >= 0.6 is 0 Å². The number of carboxylic acids is 1. The van der Waals surface area contributed by atoms with E-state index >= 15 is 0 Å². The van der Waals surface area contributed by atoms with Gasteiger partial charge in [0, 0.05) is 6.42 Å². The molecule has 0 heterocycles. The molecule has 0 aromatic carbocycles. The molecule has 0 radical (unpaired) electrons. The van der Waals surface area contributed by atoms with Crippen molar-refractivity contribution in [1.29, 1.82) is 0 Å². The molecule has 0 aromatic rings. The first-order valence-electron chi connectivity index (χ1n) is 5.54. The quantitative estimate of drug-likeness (QED) is 0.538. The van der Waals surface area contributed by atoms with E-state index in [1.807, 2.05) is 4.72 Å². The fourth-order valence-electron chi connectivity index (χ4n) is 1.19. The van der Waals surface area contributed by atoms with Crippen molar-refractivity contribution >= 4 is 27.9 Å². The molecule has 0 aliphatic rings. The Balaban J connectivity index is 4.86. The highest BCUT2D eigenvalue weighted by atomic mass is 32.2. The highest BCUT2D eigenvalue weighted by molar-refractivity contribution is 7.90. The van der Waals surface area contributed by atoms with E-state index in [0.29, 0.717) is 0 Å². The Morgan fingerprint density at radius 1 is 1.20 bits per heavy atom. The average molecular weight is 311 g/mol. The number of sulfonamides is 1. The lowest BCUT2D eigenvalue weighted by atomic mass is 10.2. The summed E-state index contributed by atoms with van der Waals surface area (Å²) < 4.78 is 34.0. The van der Waals surface area contributed by atoms with E-state index in [1.54, 1.807) is 0 Å². The van der Waals surface area contributed by atoms with Gasteiger partial charge in [-0.3, -0.25) is 14.4 Å². The first-order valence-corrected chi connectivity index (χ1v) is 7.09. The Kier molecular flexibility index (Phi) is 7.14. The second-order valence-electron chi connectivity index (χ2n) is 3.83. The van der Waals surface area contributed by atoms with E-state index < -0.39 is 39.2 Å². The summed E-state index contributed by atoms with van der Waals surface area (Å²) in [6.45, 7) is 1.06. The van der Waals surface area contributed by atoms with Gasteiger partial charge in [-0.2, -0.15) is 0 Å². The van der Waals surface area contributed by atoms with Gasteiger partial charge in [-0.1, -0.05) is 0 Å². The van der Waals surface area contributed by atoms with Crippen molar-refractivity contribution in [3.05, 3.63) is 0 Å². The molecule has 0 saturated carbocycles. The smallest absolute Gasteiger partial charge is 0.325 e. The fourth-order valence-corrected chi connectivity index (χ4v) is 2.36. The van der Waals surface area contributed by atoms with Gasteiger partial charge in [0.25, 0.3) is 0 Å². The number of rotatable bonds is 8. The van der Waals surface area contributed by atoms with Crippen LogP contribution in [0.4, 0.5) is 0 Å². The minimum Gasteiger partial charge on any atom is -0.480 e. The first kappa shape index (κ1) is 18.3. The molecule has 0 rings (SSSR count). The summed E-state index contributed by atoms with van der Waals surface area (Å²) >= 11 is 0. The molecule has 9 nitrogen and oxygen atoms in total. The zero-order valence-electron chi connectivity index (χ0n) is 11.3. The minimum absolute atomic E-state index is 0.275. The van der Waals surface area contributed by atoms with Crippen LogP contribution in [0.2, 0.25) is 0 Å². The van der Waals surface area contributed by atoms with Crippen molar-refractivity contribution in [2.45, 2.75) is 31.1 Å². The number of esters is 2. The molecule has 1 unspecified atom stereocenters. The Labute approximate surface area is 116 Å². The van der Waals surface area contributed by atoms with Gasteiger partial charge in [0.15, 0.2) is 5.25 Å². The van der Waals surface area contributed by atoms with E-state index in [4.69, 9.17) is 5.11 Å². The van der Waals surface area contributed by atoms with Gasteiger partial charge in [-0.05, 0) is 13.3 Å². The molecule has 10 heteroatoms. The SMILES string of the molecule is COC(=O)CC[C@H](NS(=O)(=O)C(C)C(=O)OC)C(=O)O.